The number of carboxylic acids is 1. The van der Waals surface area contributed by atoms with Gasteiger partial charge in [0.2, 0.25) is 6.10 Å². The molecule has 2 rings (SSSR count). The zero-order chi connectivity index (χ0) is 19.5. The quantitative estimate of drug-likeness (QED) is 0.717. The van der Waals surface area contributed by atoms with Crippen molar-refractivity contribution < 1.29 is 32.5 Å². The van der Waals surface area contributed by atoms with Crippen LogP contribution in [0.15, 0.2) is 11.6 Å². The maximum Gasteiger partial charge on any atom is 0.430 e. The molecule has 1 aliphatic rings. The zero-order valence-corrected chi connectivity index (χ0v) is 15.4. The molecule has 1 heterocycles. The molecule has 0 aromatic heterocycles. The number of alkyl halides is 3. The van der Waals surface area contributed by atoms with Crippen molar-refractivity contribution in [2.45, 2.75) is 46.1 Å². The van der Waals surface area contributed by atoms with E-state index < -0.39 is 23.8 Å². The van der Waals surface area contributed by atoms with Gasteiger partial charge in [0.25, 0.3) is 0 Å². The summed E-state index contributed by atoms with van der Waals surface area (Å²) < 4.78 is 49.1. The molecular weight excluding hydrogens is 384 g/mol. The predicted molar refractivity (Wildman–Crippen MR) is 89.7 cm³/mol. The van der Waals surface area contributed by atoms with Gasteiger partial charge in [-0.1, -0.05) is 37.0 Å². The minimum atomic E-state index is -4.89. The molecule has 0 spiro atoms. The average molecular weight is 401 g/mol. The minimum Gasteiger partial charge on any atom is -0.488 e. The Kier molecular flexibility index (Phi) is 7.02. The van der Waals surface area contributed by atoms with E-state index in [1.165, 1.54) is 0 Å². The maximum atomic E-state index is 13.0. The zero-order valence-electron chi connectivity index (χ0n) is 13.9. The molecule has 1 N–H and O–H groups in total. The van der Waals surface area contributed by atoms with Crippen molar-refractivity contribution in [3.63, 3.8) is 0 Å². The summed E-state index contributed by atoms with van der Waals surface area (Å²) in [5.74, 6) is -1.96. The van der Waals surface area contributed by atoms with Gasteiger partial charge in [0.15, 0.2) is 5.75 Å². The number of hydrogen-bond donors (Lipinski definition) is 1. The molecule has 25 heavy (non-hydrogen) atoms. The number of rotatable bonds is 3. The fourth-order valence-corrected chi connectivity index (χ4v) is 2.59. The summed E-state index contributed by atoms with van der Waals surface area (Å²) in [6.07, 6.45) is -6.96. The first-order valence-electron chi connectivity index (χ1n) is 7.39. The summed E-state index contributed by atoms with van der Waals surface area (Å²) in [5.41, 5.74) is -0.991. The minimum absolute atomic E-state index is 0.0235. The van der Waals surface area contributed by atoms with Gasteiger partial charge in [-0.2, -0.15) is 13.2 Å². The van der Waals surface area contributed by atoms with Crippen LogP contribution in [0.5, 0.6) is 11.5 Å². The van der Waals surface area contributed by atoms with Gasteiger partial charge in [-0.05, 0) is 19.9 Å². The standard InChI is InChI=1S/C14H11Cl2F3O4.C2H6/c1-5(2)22-11-8(15)4-9-6(10(11)16)3-7(13(20)21)12(23-9)14(17,18)19;1-2/h3-5,12H,1-2H3,(H,20,21);1-2H3. The molecule has 0 fully saturated rings. The summed E-state index contributed by atoms with van der Waals surface area (Å²) in [4.78, 5) is 11.1. The lowest BCUT2D eigenvalue weighted by Gasteiger charge is -2.28. The fraction of sp³-hybridized carbons (Fsp3) is 0.438. The molecule has 1 aromatic rings. The molecular formula is C16H17Cl2F3O4. The predicted octanol–water partition coefficient (Wildman–Crippen LogP) is 5.60. The van der Waals surface area contributed by atoms with Crippen LogP contribution in [0, 0.1) is 0 Å². The van der Waals surface area contributed by atoms with Gasteiger partial charge in [0.05, 0.1) is 21.7 Å². The van der Waals surface area contributed by atoms with Crippen molar-refractivity contribution in [1.29, 1.82) is 0 Å². The molecule has 9 heteroatoms. The average Bonchev–Trinajstić information content (AvgIpc) is 2.51. The molecule has 1 aliphatic heterocycles. The van der Waals surface area contributed by atoms with Crippen LogP contribution in [0.25, 0.3) is 6.08 Å². The Bertz CT molecular complexity index is 685. The van der Waals surface area contributed by atoms with Gasteiger partial charge in [0.1, 0.15) is 5.75 Å². The highest BCUT2D eigenvalue weighted by Gasteiger charge is 2.49. The third-order valence-corrected chi connectivity index (χ3v) is 3.56. The number of ether oxygens (including phenoxy) is 2. The third-order valence-electron chi connectivity index (χ3n) is 2.90. The van der Waals surface area contributed by atoms with Crippen molar-refractivity contribution in [3.8, 4) is 11.5 Å². The normalized spacial score (nSPS) is 16.2. The van der Waals surface area contributed by atoms with E-state index in [0.717, 1.165) is 12.1 Å². The Morgan fingerprint density at radius 3 is 2.32 bits per heavy atom. The molecule has 0 bridgehead atoms. The van der Waals surface area contributed by atoms with Gasteiger partial charge in [-0.3, -0.25) is 0 Å². The van der Waals surface area contributed by atoms with E-state index in [1.54, 1.807) is 13.8 Å². The second-order valence-electron chi connectivity index (χ2n) is 5.02. The number of halogens is 5. The molecule has 4 nitrogen and oxygen atoms in total. The van der Waals surface area contributed by atoms with Gasteiger partial charge < -0.3 is 14.6 Å². The molecule has 140 valence electrons. The van der Waals surface area contributed by atoms with Crippen molar-refractivity contribution in [2.24, 2.45) is 0 Å². The summed E-state index contributed by atoms with van der Waals surface area (Å²) in [5, 5.41) is 8.87. The van der Waals surface area contributed by atoms with E-state index in [2.05, 4.69) is 0 Å². The lowest BCUT2D eigenvalue weighted by Crippen LogP contribution is -2.40. The highest BCUT2D eigenvalue weighted by Crippen LogP contribution is 2.46. The van der Waals surface area contributed by atoms with Crippen LogP contribution in [-0.2, 0) is 4.79 Å². The summed E-state index contributed by atoms with van der Waals surface area (Å²) in [6.45, 7) is 7.42. The Balaban J connectivity index is 0.00000151. The van der Waals surface area contributed by atoms with Crippen LogP contribution in [0.2, 0.25) is 10.0 Å². The Morgan fingerprint density at radius 2 is 1.88 bits per heavy atom. The topological polar surface area (TPSA) is 55.8 Å². The Labute approximate surface area is 153 Å². The smallest absolute Gasteiger partial charge is 0.430 e. The Hall–Kier alpha value is -1.60. The highest BCUT2D eigenvalue weighted by molar-refractivity contribution is 6.38. The van der Waals surface area contributed by atoms with E-state index in [-0.39, 0.29) is 33.2 Å². The molecule has 0 aliphatic carbocycles. The van der Waals surface area contributed by atoms with Crippen LogP contribution in [-0.4, -0.2) is 29.5 Å². The van der Waals surface area contributed by atoms with Gasteiger partial charge >= 0.3 is 12.1 Å². The monoisotopic (exact) mass is 400 g/mol. The first-order chi connectivity index (χ1) is 11.5. The third kappa shape index (κ3) is 4.73. The van der Waals surface area contributed by atoms with E-state index in [9.17, 15) is 18.0 Å². The molecule has 1 atom stereocenters. The van der Waals surface area contributed by atoms with Gasteiger partial charge in [0, 0.05) is 11.6 Å². The van der Waals surface area contributed by atoms with E-state index in [1.807, 2.05) is 13.8 Å². The number of hydrogen-bond acceptors (Lipinski definition) is 3. The lowest BCUT2D eigenvalue weighted by atomic mass is 10.0. The van der Waals surface area contributed by atoms with Crippen molar-refractivity contribution in [3.05, 3.63) is 27.2 Å². The summed E-state index contributed by atoms with van der Waals surface area (Å²) >= 11 is 12.1. The first kappa shape index (κ1) is 21.4. The second kappa shape index (κ2) is 8.19. The van der Waals surface area contributed by atoms with Crippen LogP contribution in [0.4, 0.5) is 13.2 Å². The largest absolute Gasteiger partial charge is 0.488 e. The van der Waals surface area contributed by atoms with E-state index in [0.29, 0.717) is 0 Å². The van der Waals surface area contributed by atoms with Crippen molar-refractivity contribution >= 4 is 35.2 Å². The van der Waals surface area contributed by atoms with E-state index in [4.69, 9.17) is 37.8 Å². The molecule has 1 unspecified atom stereocenters. The van der Waals surface area contributed by atoms with Gasteiger partial charge in [-0.15, -0.1) is 0 Å². The van der Waals surface area contributed by atoms with Crippen LogP contribution < -0.4 is 9.47 Å². The van der Waals surface area contributed by atoms with Gasteiger partial charge in [-0.25, -0.2) is 4.79 Å². The van der Waals surface area contributed by atoms with Crippen LogP contribution in [0.3, 0.4) is 0 Å². The molecule has 0 radical (unpaired) electrons. The summed E-state index contributed by atoms with van der Waals surface area (Å²) in [6, 6.07) is 1.12. The van der Waals surface area contributed by atoms with Crippen molar-refractivity contribution in [2.75, 3.05) is 0 Å². The lowest BCUT2D eigenvalue weighted by molar-refractivity contribution is -0.187. The molecule has 0 amide bonds. The fourth-order valence-electron chi connectivity index (χ4n) is 2.01. The van der Waals surface area contributed by atoms with Crippen LogP contribution >= 0.6 is 23.2 Å². The molecule has 1 aromatic carbocycles. The number of carbonyl (C=O) groups is 1. The number of carboxylic acid groups (broad SMARTS) is 1. The Morgan fingerprint density at radius 1 is 1.32 bits per heavy atom. The van der Waals surface area contributed by atoms with Crippen molar-refractivity contribution in [1.82, 2.24) is 0 Å². The van der Waals surface area contributed by atoms with E-state index >= 15 is 0 Å². The second-order valence-corrected chi connectivity index (χ2v) is 5.81. The summed E-state index contributed by atoms with van der Waals surface area (Å²) in [7, 11) is 0. The number of fused-ring (bicyclic) bond motifs is 1. The number of aliphatic carboxylic acids is 1. The number of benzene rings is 1. The maximum absolute atomic E-state index is 13.0. The first-order valence-corrected chi connectivity index (χ1v) is 8.14. The molecule has 0 saturated heterocycles. The SMILES string of the molecule is CC.CC(C)Oc1c(Cl)cc2c(c1Cl)C=C(C(=O)O)C(C(F)(F)F)O2. The van der Waals surface area contributed by atoms with Crippen LogP contribution in [0.1, 0.15) is 33.3 Å². The molecule has 0 saturated carbocycles. The highest BCUT2D eigenvalue weighted by atomic mass is 35.5.